The van der Waals surface area contributed by atoms with Crippen molar-refractivity contribution in [2.75, 3.05) is 13.6 Å². The lowest BCUT2D eigenvalue weighted by Crippen LogP contribution is -2.38. The molecule has 6 nitrogen and oxygen atoms in total. The van der Waals surface area contributed by atoms with Crippen LogP contribution < -0.4 is 10.6 Å². The van der Waals surface area contributed by atoms with Gasteiger partial charge in [0.25, 0.3) is 0 Å². The average molecular weight is 500 g/mol. The standard InChI is InChI=1S/C13H18BrN5OS.HI/c1-15-13(16-5-11-3-10(14)8-21-11)17-6-12(20)9-4-18-19(2)7-9;/h3-4,7-8,12,20H,5-6H2,1-2H3,(H2,15,16,17);1H. The van der Waals surface area contributed by atoms with Gasteiger partial charge in [0.15, 0.2) is 5.96 Å². The van der Waals surface area contributed by atoms with Crippen molar-refractivity contribution in [1.82, 2.24) is 20.4 Å². The first-order valence-corrected chi connectivity index (χ1v) is 8.10. The van der Waals surface area contributed by atoms with E-state index in [4.69, 9.17) is 0 Å². The summed E-state index contributed by atoms with van der Waals surface area (Å²) in [6.07, 6.45) is 2.84. The Balaban J connectivity index is 0.00000242. The van der Waals surface area contributed by atoms with Gasteiger partial charge < -0.3 is 15.7 Å². The van der Waals surface area contributed by atoms with Crippen LogP contribution in [0, 0.1) is 0 Å². The molecule has 2 aromatic heterocycles. The predicted molar refractivity (Wildman–Crippen MR) is 104 cm³/mol. The molecule has 0 aliphatic carbocycles. The van der Waals surface area contributed by atoms with Crippen LogP contribution in [0.2, 0.25) is 0 Å². The van der Waals surface area contributed by atoms with Gasteiger partial charge in [-0.2, -0.15) is 5.10 Å². The molecule has 22 heavy (non-hydrogen) atoms. The lowest BCUT2D eigenvalue weighted by molar-refractivity contribution is 0.180. The largest absolute Gasteiger partial charge is 0.386 e. The van der Waals surface area contributed by atoms with Gasteiger partial charge in [0.2, 0.25) is 0 Å². The first kappa shape index (κ1) is 19.4. The summed E-state index contributed by atoms with van der Waals surface area (Å²) in [5.74, 6) is 0.655. The molecule has 0 aliphatic rings. The second-order valence-electron chi connectivity index (χ2n) is 4.50. The Morgan fingerprint density at radius 3 is 2.86 bits per heavy atom. The van der Waals surface area contributed by atoms with Crippen LogP contribution >= 0.6 is 51.2 Å². The summed E-state index contributed by atoms with van der Waals surface area (Å²) >= 11 is 5.10. The molecular formula is C13H19BrIN5OS. The number of aromatic nitrogens is 2. The van der Waals surface area contributed by atoms with Crippen LogP contribution in [-0.4, -0.2) is 34.4 Å². The number of aryl methyl sites for hydroxylation is 1. The maximum atomic E-state index is 10.1. The molecule has 2 aromatic rings. The number of aliphatic hydroxyl groups is 1. The van der Waals surface area contributed by atoms with Gasteiger partial charge in [0.05, 0.1) is 18.8 Å². The van der Waals surface area contributed by atoms with Crippen molar-refractivity contribution >= 4 is 57.2 Å². The van der Waals surface area contributed by atoms with Crippen molar-refractivity contribution < 1.29 is 5.11 Å². The molecule has 3 N–H and O–H groups in total. The average Bonchev–Trinajstić information content (AvgIpc) is 3.07. The van der Waals surface area contributed by atoms with Gasteiger partial charge in [0, 0.05) is 47.1 Å². The molecule has 0 saturated heterocycles. The highest BCUT2D eigenvalue weighted by atomic mass is 127. The number of aliphatic hydroxyl groups excluding tert-OH is 1. The van der Waals surface area contributed by atoms with Crippen molar-refractivity contribution in [3.63, 3.8) is 0 Å². The summed E-state index contributed by atoms with van der Waals surface area (Å²) in [6.45, 7) is 1.07. The Kier molecular flexibility index (Phi) is 8.36. The SMILES string of the molecule is CN=C(NCc1cc(Br)cs1)NCC(O)c1cnn(C)c1.I. The maximum Gasteiger partial charge on any atom is 0.191 e. The monoisotopic (exact) mass is 499 g/mol. The van der Waals surface area contributed by atoms with E-state index >= 15 is 0 Å². The van der Waals surface area contributed by atoms with Gasteiger partial charge in [0.1, 0.15) is 0 Å². The fourth-order valence-corrected chi connectivity index (χ4v) is 3.15. The molecular weight excluding hydrogens is 481 g/mol. The van der Waals surface area contributed by atoms with E-state index in [9.17, 15) is 5.11 Å². The second-order valence-corrected chi connectivity index (χ2v) is 6.41. The molecule has 0 spiro atoms. The fraction of sp³-hybridized carbons (Fsp3) is 0.385. The molecule has 9 heteroatoms. The van der Waals surface area contributed by atoms with Crippen LogP contribution in [0.1, 0.15) is 16.5 Å². The normalized spacial score (nSPS) is 12.6. The molecule has 0 bridgehead atoms. The third-order valence-corrected chi connectivity index (χ3v) is 4.55. The van der Waals surface area contributed by atoms with E-state index in [1.807, 2.05) is 12.4 Å². The van der Waals surface area contributed by atoms with E-state index in [-0.39, 0.29) is 24.0 Å². The highest BCUT2D eigenvalue weighted by molar-refractivity contribution is 14.0. The van der Waals surface area contributed by atoms with Crippen molar-refractivity contribution in [3.05, 3.63) is 38.8 Å². The highest BCUT2D eigenvalue weighted by Crippen LogP contribution is 2.19. The topological polar surface area (TPSA) is 74.5 Å². The first-order valence-electron chi connectivity index (χ1n) is 6.42. The Morgan fingerprint density at radius 1 is 1.55 bits per heavy atom. The minimum atomic E-state index is -0.617. The lowest BCUT2D eigenvalue weighted by Gasteiger charge is -2.14. The third kappa shape index (κ3) is 5.86. The second kappa shape index (κ2) is 9.48. The number of nitrogens with zero attached hydrogens (tertiary/aromatic N) is 3. The molecule has 0 amide bonds. The summed E-state index contributed by atoms with van der Waals surface area (Å²) < 4.78 is 2.75. The summed E-state index contributed by atoms with van der Waals surface area (Å²) in [6, 6.07) is 2.06. The zero-order valence-corrected chi connectivity index (χ0v) is 17.0. The van der Waals surface area contributed by atoms with Crippen LogP contribution in [0.25, 0.3) is 0 Å². The van der Waals surface area contributed by atoms with Crippen molar-refractivity contribution in [3.8, 4) is 0 Å². The molecule has 0 radical (unpaired) electrons. The number of aliphatic imine (C=N–C) groups is 1. The molecule has 1 atom stereocenters. The Hall–Kier alpha value is -0.650. The summed E-state index contributed by atoms with van der Waals surface area (Å²) in [7, 11) is 3.53. The van der Waals surface area contributed by atoms with Gasteiger partial charge in [-0.1, -0.05) is 0 Å². The quantitative estimate of drug-likeness (QED) is 0.335. The molecule has 2 rings (SSSR count). The molecule has 2 heterocycles. The maximum absolute atomic E-state index is 10.1. The molecule has 1 unspecified atom stereocenters. The van der Waals surface area contributed by atoms with E-state index < -0.39 is 6.10 Å². The Morgan fingerprint density at radius 2 is 2.32 bits per heavy atom. The molecule has 0 fully saturated rings. The Bertz CT molecular complexity index is 615. The highest BCUT2D eigenvalue weighted by Gasteiger charge is 2.10. The number of hydrogen-bond donors (Lipinski definition) is 3. The van der Waals surface area contributed by atoms with Gasteiger partial charge >= 0.3 is 0 Å². The number of nitrogens with one attached hydrogen (secondary N) is 2. The van der Waals surface area contributed by atoms with Crippen LogP contribution in [-0.2, 0) is 13.6 Å². The van der Waals surface area contributed by atoms with E-state index in [0.29, 0.717) is 19.0 Å². The third-order valence-electron chi connectivity index (χ3n) is 2.85. The van der Waals surface area contributed by atoms with E-state index in [1.165, 1.54) is 4.88 Å². The minimum absolute atomic E-state index is 0. The summed E-state index contributed by atoms with van der Waals surface area (Å²) in [5, 5.41) is 22.5. The number of thiophene rings is 1. The number of hydrogen-bond acceptors (Lipinski definition) is 4. The first-order chi connectivity index (χ1) is 10.1. The summed E-state index contributed by atoms with van der Waals surface area (Å²) in [5.41, 5.74) is 0.780. The number of rotatable bonds is 5. The van der Waals surface area contributed by atoms with E-state index in [1.54, 1.807) is 35.5 Å². The number of guanidine groups is 1. The number of halogens is 2. The van der Waals surface area contributed by atoms with Crippen LogP contribution in [0.3, 0.4) is 0 Å². The predicted octanol–water partition coefficient (Wildman–Crippen LogP) is 2.26. The van der Waals surface area contributed by atoms with Crippen LogP contribution in [0.5, 0.6) is 0 Å². The molecule has 0 saturated carbocycles. The van der Waals surface area contributed by atoms with Gasteiger partial charge in [-0.05, 0) is 22.0 Å². The lowest BCUT2D eigenvalue weighted by atomic mass is 10.2. The van der Waals surface area contributed by atoms with Crippen molar-refractivity contribution in [1.29, 1.82) is 0 Å². The van der Waals surface area contributed by atoms with Gasteiger partial charge in [-0.25, -0.2) is 0 Å². The zero-order valence-electron chi connectivity index (χ0n) is 12.3. The Labute approximate surface area is 159 Å². The van der Waals surface area contributed by atoms with E-state index in [2.05, 4.69) is 42.7 Å². The molecule has 0 aromatic carbocycles. The molecule has 0 aliphatic heterocycles. The van der Waals surface area contributed by atoms with Gasteiger partial charge in [-0.15, -0.1) is 35.3 Å². The summed E-state index contributed by atoms with van der Waals surface area (Å²) in [4.78, 5) is 5.34. The van der Waals surface area contributed by atoms with Crippen molar-refractivity contribution in [2.24, 2.45) is 12.0 Å². The van der Waals surface area contributed by atoms with Gasteiger partial charge in [-0.3, -0.25) is 9.67 Å². The van der Waals surface area contributed by atoms with Crippen LogP contribution in [0.4, 0.5) is 0 Å². The zero-order chi connectivity index (χ0) is 15.2. The smallest absolute Gasteiger partial charge is 0.191 e. The van der Waals surface area contributed by atoms with Crippen LogP contribution in [0.15, 0.2) is 33.3 Å². The van der Waals surface area contributed by atoms with E-state index in [0.717, 1.165) is 10.0 Å². The minimum Gasteiger partial charge on any atom is -0.386 e. The van der Waals surface area contributed by atoms with Crippen molar-refractivity contribution in [2.45, 2.75) is 12.6 Å². The fourth-order valence-electron chi connectivity index (χ4n) is 1.76. The molecule has 122 valence electrons.